The van der Waals surface area contributed by atoms with Gasteiger partial charge in [-0.3, -0.25) is 4.79 Å². The first-order valence-corrected chi connectivity index (χ1v) is 11.7. The number of nitriles is 1. The molecule has 1 N–H and O–H groups in total. The van der Waals surface area contributed by atoms with Gasteiger partial charge in [-0.05, 0) is 42.0 Å². The van der Waals surface area contributed by atoms with Crippen molar-refractivity contribution in [2.75, 3.05) is 0 Å². The normalized spacial score (nSPS) is 10.8. The van der Waals surface area contributed by atoms with Gasteiger partial charge >= 0.3 is 0 Å². The zero-order chi connectivity index (χ0) is 25.5. The Morgan fingerprint density at radius 2 is 1.65 bits per heavy atom. The van der Waals surface area contributed by atoms with Gasteiger partial charge in [0.05, 0.1) is 34.6 Å². The van der Waals surface area contributed by atoms with Crippen molar-refractivity contribution in [3.05, 3.63) is 131 Å². The number of fused-ring (bicyclic) bond motifs is 1. The monoisotopic (exact) mass is 482 g/mol. The van der Waals surface area contributed by atoms with E-state index in [1.54, 1.807) is 24.4 Å². The second-order valence-electron chi connectivity index (χ2n) is 8.27. The minimum atomic E-state index is -0.331. The van der Waals surface area contributed by atoms with Crippen LogP contribution < -0.4 is 10.2 Å². The first-order chi connectivity index (χ1) is 18.2. The summed E-state index contributed by atoms with van der Waals surface area (Å²) >= 11 is 0. The molecule has 6 nitrogen and oxygen atoms in total. The minimum absolute atomic E-state index is 0.331. The number of aromatic nitrogens is 1. The van der Waals surface area contributed by atoms with Crippen LogP contribution in [-0.4, -0.2) is 17.1 Å². The van der Waals surface area contributed by atoms with E-state index in [2.05, 4.69) is 16.6 Å². The molecule has 0 saturated heterocycles. The SMILES string of the molecule is N#Cc1ccc(COc2ccccc2/C=N\NC(=O)c2cc(-c3ccccc3)nc3ccccc23)cc1. The summed E-state index contributed by atoms with van der Waals surface area (Å²) in [6.45, 7) is 0.341. The van der Waals surface area contributed by atoms with Crippen LogP contribution >= 0.6 is 0 Å². The molecule has 0 atom stereocenters. The molecule has 1 amide bonds. The minimum Gasteiger partial charge on any atom is -0.488 e. The number of hydrogen-bond donors (Lipinski definition) is 1. The van der Waals surface area contributed by atoms with Crippen LogP contribution in [0.15, 0.2) is 114 Å². The third-order valence-electron chi connectivity index (χ3n) is 5.80. The average Bonchev–Trinajstić information content (AvgIpc) is 2.96. The van der Waals surface area contributed by atoms with Crippen molar-refractivity contribution < 1.29 is 9.53 Å². The van der Waals surface area contributed by atoms with Crippen LogP contribution in [0.3, 0.4) is 0 Å². The number of para-hydroxylation sites is 2. The molecule has 0 unspecified atom stereocenters. The van der Waals surface area contributed by atoms with Gasteiger partial charge in [-0.25, -0.2) is 10.4 Å². The van der Waals surface area contributed by atoms with Crippen molar-refractivity contribution in [1.29, 1.82) is 5.26 Å². The van der Waals surface area contributed by atoms with E-state index in [4.69, 9.17) is 15.0 Å². The molecule has 0 aliphatic carbocycles. The number of nitrogens with one attached hydrogen (secondary N) is 1. The van der Waals surface area contributed by atoms with Gasteiger partial charge in [0.25, 0.3) is 5.91 Å². The Balaban J connectivity index is 1.34. The number of benzene rings is 4. The molecule has 0 saturated carbocycles. The molecule has 0 spiro atoms. The zero-order valence-electron chi connectivity index (χ0n) is 19.8. The van der Waals surface area contributed by atoms with E-state index < -0.39 is 0 Å². The first kappa shape index (κ1) is 23.5. The van der Waals surface area contributed by atoms with Gasteiger partial charge in [0, 0.05) is 16.5 Å². The molecule has 0 radical (unpaired) electrons. The maximum absolute atomic E-state index is 13.2. The van der Waals surface area contributed by atoms with E-state index in [0.717, 1.165) is 33.3 Å². The Bertz CT molecular complexity index is 1620. The summed E-state index contributed by atoms with van der Waals surface area (Å²) in [5.41, 5.74) is 7.79. The lowest BCUT2D eigenvalue weighted by Gasteiger charge is -2.10. The second-order valence-corrected chi connectivity index (χ2v) is 8.27. The molecule has 0 fully saturated rings. The summed E-state index contributed by atoms with van der Waals surface area (Å²) in [5.74, 6) is 0.300. The lowest BCUT2D eigenvalue weighted by Crippen LogP contribution is -2.18. The number of pyridine rings is 1. The number of hydrazone groups is 1. The third-order valence-corrected chi connectivity index (χ3v) is 5.80. The van der Waals surface area contributed by atoms with E-state index in [1.807, 2.05) is 91.0 Å². The topological polar surface area (TPSA) is 87.4 Å². The number of hydrogen-bond acceptors (Lipinski definition) is 5. The largest absolute Gasteiger partial charge is 0.488 e. The Labute approximate surface area is 214 Å². The summed E-state index contributed by atoms with van der Waals surface area (Å²) in [6, 6.07) is 35.9. The number of nitrogens with zero attached hydrogens (tertiary/aromatic N) is 3. The first-order valence-electron chi connectivity index (χ1n) is 11.7. The predicted octanol–water partition coefficient (Wildman–Crippen LogP) is 6.12. The van der Waals surface area contributed by atoms with E-state index >= 15 is 0 Å². The summed E-state index contributed by atoms with van der Waals surface area (Å²) in [7, 11) is 0. The maximum Gasteiger partial charge on any atom is 0.272 e. The number of carbonyl (C=O) groups excluding carboxylic acids is 1. The van der Waals surface area contributed by atoms with Gasteiger partial charge in [-0.2, -0.15) is 10.4 Å². The van der Waals surface area contributed by atoms with Crippen molar-refractivity contribution in [3.63, 3.8) is 0 Å². The number of rotatable bonds is 7. The molecule has 178 valence electrons. The Hall–Kier alpha value is -5.28. The summed E-state index contributed by atoms with van der Waals surface area (Å²) in [4.78, 5) is 17.9. The van der Waals surface area contributed by atoms with Crippen LogP contribution in [0, 0.1) is 11.3 Å². The highest BCUT2D eigenvalue weighted by molar-refractivity contribution is 6.07. The number of ether oxygens (including phenoxy) is 1. The quantitative estimate of drug-likeness (QED) is 0.224. The van der Waals surface area contributed by atoms with Crippen LogP contribution in [0.4, 0.5) is 0 Å². The fourth-order valence-corrected chi connectivity index (χ4v) is 3.90. The van der Waals surface area contributed by atoms with Crippen LogP contribution in [0.5, 0.6) is 5.75 Å². The third kappa shape index (κ3) is 5.53. The lowest BCUT2D eigenvalue weighted by molar-refractivity contribution is 0.0956. The Morgan fingerprint density at radius 3 is 2.46 bits per heavy atom. The van der Waals surface area contributed by atoms with Crippen LogP contribution in [0.1, 0.15) is 27.0 Å². The second kappa shape index (κ2) is 11.0. The van der Waals surface area contributed by atoms with Gasteiger partial charge < -0.3 is 4.74 Å². The molecule has 0 aliphatic rings. The number of carbonyl (C=O) groups is 1. The van der Waals surface area contributed by atoms with Crippen LogP contribution in [0.2, 0.25) is 0 Å². The fourth-order valence-electron chi connectivity index (χ4n) is 3.90. The standard InChI is InChI=1S/C31H22N4O2/c32-19-22-14-16-23(17-15-22)21-37-30-13-7-4-10-25(30)20-33-35-31(36)27-18-29(24-8-2-1-3-9-24)34-28-12-6-5-11-26(27)28/h1-18,20H,21H2,(H,35,36)/b33-20-. The van der Waals surface area contributed by atoms with Crippen molar-refractivity contribution in [2.24, 2.45) is 5.10 Å². The molecule has 4 aromatic carbocycles. The highest BCUT2D eigenvalue weighted by atomic mass is 16.5. The molecule has 37 heavy (non-hydrogen) atoms. The molecule has 5 rings (SSSR count). The van der Waals surface area contributed by atoms with Crippen LogP contribution in [-0.2, 0) is 6.61 Å². The maximum atomic E-state index is 13.2. The molecular weight excluding hydrogens is 460 g/mol. The highest BCUT2D eigenvalue weighted by Crippen LogP contribution is 2.25. The van der Waals surface area contributed by atoms with Gasteiger partial charge in [-0.15, -0.1) is 0 Å². The summed E-state index contributed by atoms with van der Waals surface area (Å²) < 4.78 is 5.97. The molecular formula is C31H22N4O2. The van der Waals surface area contributed by atoms with Gasteiger partial charge in [0.2, 0.25) is 0 Å². The Kier molecular flexibility index (Phi) is 6.96. The van der Waals surface area contributed by atoms with Crippen molar-refractivity contribution >= 4 is 23.0 Å². The molecule has 5 aromatic rings. The average molecular weight is 483 g/mol. The molecule has 0 aliphatic heterocycles. The summed E-state index contributed by atoms with van der Waals surface area (Å²) in [6.07, 6.45) is 1.56. The van der Waals surface area contributed by atoms with Gasteiger partial charge in [0.15, 0.2) is 0 Å². The highest BCUT2D eigenvalue weighted by Gasteiger charge is 2.13. The van der Waals surface area contributed by atoms with E-state index in [-0.39, 0.29) is 5.91 Å². The van der Waals surface area contributed by atoms with E-state index in [9.17, 15) is 4.79 Å². The number of amides is 1. The van der Waals surface area contributed by atoms with Gasteiger partial charge in [-0.1, -0.05) is 72.8 Å². The van der Waals surface area contributed by atoms with Gasteiger partial charge in [0.1, 0.15) is 12.4 Å². The van der Waals surface area contributed by atoms with E-state index in [1.165, 1.54) is 0 Å². The van der Waals surface area contributed by atoms with E-state index in [0.29, 0.717) is 23.5 Å². The van der Waals surface area contributed by atoms with Crippen molar-refractivity contribution in [3.8, 4) is 23.1 Å². The predicted molar refractivity (Wildman–Crippen MR) is 144 cm³/mol. The zero-order valence-corrected chi connectivity index (χ0v) is 19.8. The molecule has 1 aromatic heterocycles. The summed E-state index contributed by atoms with van der Waals surface area (Å²) in [5, 5.41) is 13.9. The van der Waals surface area contributed by atoms with Crippen LogP contribution in [0.25, 0.3) is 22.2 Å². The van der Waals surface area contributed by atoms with Crippen molar-refractivity contribution in [2.45, 2.75) is 6.61 Å². The molecule has 0 bridgehead atoms. The lowest BCUT2D eigenvalue weighted by atomic mass is 10.0. The fraction of sp³-hybridized carbons (Fsp3) is 0.0323. The Morgan fingerprint density at radius 1 is 0.919 bits per heavy atom. The van der Waals surface area contributed by atoms with Crippen molar-refractivity contribution in [1.82, 2.24) is 10.4 Å². The smallest absolute Gasteiger partial charge is 0.272 e. The molecule has 1 heterocycles. The molecule has 6 heteroatoms.